The van der Waals surface area contributed by atoms with E-state index in [1.165, 1.54) is 23.2 Å². The number of urea groups is 1. The van der Waals surface area contributed by atoms with Gasteiger partial charge in [0, 0.05) is 18.1 Å². The van der Waals surface area contributed by atoms with Crippen LogP contribution in [-0.4, -0.2) is 63.5 Å². The first-order valence-corrected chi connectivity index (χ1v) is 9.06. The Labute approximate surface area is 167 Å². The van der Waals surface area contributed by atoms with Crippen LogP contribution >= 0.6 is 0 Å². The van der Waals surface area contributed by atoms with Gasteiger partial charge in [-0.1, -0.05) is 0 Å². The first kappa shape index (κ1) is 18.4. The number of alkyl halides is 3. The second-order valence-corrected chi connectivity index (χ2v) is 7.36. The largest absolute Gasteiger partial charge is 0.471 e. The van der Waals surface area contributed by atoms with Crippen molar-refractivity contribution in [3.63, 3.8) is 0 Å². The third-order valence-electron chi connectivity index (χ3n) is 5.88. The fourth-order valence-corrected chi connectivity index (χ4v) is 4.72. The molecule has 152 valence electrons. The number of benzene rings is 1. The maximum atomic E-state index is 13.2. The molecular formula is C19H12F3N5O3. The number of hydrogen-bond donors (Lipinski definition) is 0. The number of carbonyl (C=O) groups is 3. The molecule has 1 aromatic carbocycles. The fraction of sp³-hybridized carbons (Fsp3) is 0.316. The molecule has 0 spiro atoms. The first-order valence-electron chi connectivity index (χ1n) is 9.06. The summed E-state index contributed by atoms with van der Waals surface area (Å²) >= 11 is 0. The van der Waals surface area contributed by atoms with Crippen LogP contribution in [0.15, 0.2) is 30.5 Å². The minimum Gasteiger partial charge on any atom is -0.327 e. The van der Waals surface area contributed by atoms with E-state index in [-0.39, 0.29) is 24.2 Å². The molecule has 0 radical (unpaired) electrons. The van der Waals surface area contributed by atoms with Crippen molar-refractivity contribution in [1.29, 1.82) is 5.26 Å². The number of pyridine rings is 1. The summed E-state index contributed by atoms with van der Waals surface area (Å²) in [6.45, 7) is -0.262. The van der Waals surface area contributed by atoms with E-state index in [9.17, 15) is 32.8 Å². The van der Waals surface area contributed by atoms with E-state index in [4.69, 9.17) is 0 Å². The van der Waals surface area contributed by atoms with Gasteiger partial charge in [0.2, 0.25) is 0 Å². The van der Waals surface area contributed by atoms with Gasteiger partial charge in [0.15, 0.2) is 0 Å². The zero-order valence-electron chi connectivity index (χ0n) is 15.1. The minimum atomic E-state index is -5.05. The standard InChI is InChI=1S/C19H12F3N5O3/c20-19(21,22)17(29)25-8-10-6-13(25)15-16(28)27(18(30)26(10)15)12-4-3-9(7-23)14-11(12)2-1-5-24-14/h1-5,10,13,15H,6,8H2/t10-,13?,15?/m1/s1. The molecule has 8 nitrogen and oxygen atoms in total. The Morgan fingerprint density at radius 1 is 1.23 bits per heavy atom. The van der Waals surface area contributed by atoms with Crippen molar-refractivity contribution in [1.82, 2.24) is 14.8 Å². The molecule has 3 atom stereocenters. The van der Waals surface area contributed by atoms with E-state index in [0.717, 1.165) is 4.90 Å². The van der Waals surface area contributed by atoms with E-state index < -0.39 is 42.1 Å². The van der Waals surface area contributed by atoms with Crippen LogP contribution in [0.1, 0.15) is 12.0 Å². The number of amides is 4. The van der Waals surface area contributed by atoms with Crippen LogP contribution in [-0.2, 0) is 9.59 Å². The Morgan fingerprint density at radius 3 is 2.70 bits per heavy atom. The van der Waals surface area contributed by atoms with Gasteiger partial charge in [-0.25, -0.2) is 9.69 Å². The number of nitriles is 1. The van der Waals surface area contributed by atoms with E-state index in [1.54, 1.807) is 12.1 Å². The lowest BCUT2D eigenvalue weighted by Crippen LogP contribution is -2.57. The van der Waals surface area contributed by atoms with Crippen LogP contribution in [0.2, 0.25) is 0 Å². The third-order valence-corrected chi connectivity index (χ3v) is 5.88. The molecule has 0 N–H and O–H groups in total. The number of halogens is 3. The van der Waals surface area contributed by atoms with Gasteiger partial charge >= 0.3 is 18.1 Å². The molecule has 5 rings (SSSR count). The Bertz CT molecular complexity index is 1170. The van der Waals surface area contributed by atoms with Crippen molar-refractivity contribution in [2.75, 3.05) is 11.4 Å². The van der Waals surface area contributed by atoms with Crippen LogP contribution in [0, 0.1) is 11.3 Å². The minimum absolute atomic E-state index is 0.132. The Balaban J connectivity index is 1.56. The number of fused-ring (bicyclic) bond motifs is 6. The summed E-state index contributed by atoms with van der Waals surface area (Å²) in [7, 11) is 0. The summed E-state index contributed by atoms with van der Waals surface area (Å²) in [6.07, 6.45) is -3.44. The van der Waals surface area contributed by atoms with Crippen molar-refractivity contribution in [2.45, 2.75) is 30.7 Å². The molecule has 3 aliphatic heterocycles. The number of anilines is 1. The summed E-state index contributed by atoms with van der Waals surface area (Å²) in [5.74, 6) is -2.69. The SMILES string of the molecule is N#Cc1ccc(N2C(=O)C3C4C[C@H](CN4C(=O)C(F)(F)F)N3C2=O)c2cccnc12. The molecule has 2 aromatic rings. The van der Waals surface area contributed by atoms with Gasteiger partial charge < -0.3 is 9.80 Å². The molecule has 2 bridgehead atoms. The van der Waals surface area contributed by atoms with Crippen LogP contribution in [0.3, 0.4) is 0 Å². The molecule has 0 aliphatic carbocycles. The molecule has 1 aromatic heterocycles. The zero-order chi connectivity index (χ0) is 21.4. The lowest BCUT2D eigenvalue weighted by molar-refractivity contribution is -0.188. The third kappa shape index (κ3) is 2.27. The topological polar surface area (TPSA) is 97.6 Å². The number of nitrogens with zero attached hydrogens (tertiary/aromatic N) is 5. The van der Waals surface area contributed by atoms with Crippen LogP contribution in [0.25, 0.3) is 10.9 Å². The zero-order valence-corrected chi connectivity index (χ0v) is 15.1. The number of piperazine rings is 1. The highest BCUT2D eigenvalue weighted by atomic mass is 19.4. The number of hydrogen-bond acceptors (Lipinski definition) is 5. The van der Waals surface area contributed by atoms with Crippen molar-refractivity contribution >= 4 is 34.4 Å². The van der Waals surface area contributed by atoms with Gasteiger partial charge in [0.25, 0.3) is 5.91 Å². The predicted molar refractivity (Wildman–Crippen MR) is 94.9 cm³/mol. The van der Waals surface area contributed by atoms with Gasteiger partial charge in [-0.2, -0.15) is 18.4 Å². The second kappa shape index (κ2) is 5.91. The summed E-state index contributed by atoms with van der Waals surface area (Å²) in [6, 6.07) is 4.59. The first-order chi connectivity index (χ1) is 14.2. The molecule has 30 heavy (non-hydrogen) atoms. The van der Waals surface area contributed by atoms with Gasteiger partial charge in [-0.05, 0) is 30.7 Å². The van der Waals surface area contributed by atoms with E-state index >= 15 is 0 Å². The van der Waals surface area contributed by atoms with Crippen molar-refractivity contribution in [3.05, 3.63) is 36.0 Å². The number of likely N-dealkylation sites (tertiary alicyclic amines) is 1. The maximum Gasteiger partial charge on any atom is 0.471 e. The Morgan fingerprint density at radius 2 is 2.00 bits per heavy atom. The molecule has 3 fully saturated rings. The lowest BCUT2D eigenvalue weighted by atomic mass is 10.1. The Kier molecular flexibility index (Phi) is 3.62. The average Bonchev–Trinajstić information content (AvgIpc) is 3.37. The quantitative estimate of drug-likeness (QED) is 0.662. The fourth-order valence-electron chi connectivity index (χ4n) is 4.72. The van der Waals surface area contributed by atoms with Crippen molar-refractivity contribution in [2.24, 2.45) is 0 Å². The van der Waals surface area contributed by atoms with Crippen LogP contribution in [0.4, 0.5) is 23.7 Å². The predicted octanol–water partition coefficient (Wildman–Crippen LogP) is 1.79. The molecule has 4 amide bonds. The molecule has 2 unspecified atom stereocenters. The van der Waals surface area contributed by atoms with Crippen molar-refractivity contribution in [3.8, 4) is 6.07 Å². The van der Waals surface area contributed by atoms with Gasteiger partial charge in [0.1, 0.15) is 12.1 Å². The van der Waals surface area contributed by atoms with E-state index in [2.05, 4.69) is 4.98 Å². The second-order valence-electron chi connectivity index (χ2n) is 7.36. The highest BCUT2D eigenvalue weighted by Crippen LogP contribution is 2.44. The molecule has 0 saturated carbocycles. The van der Waals surface area contributed by atoms with Crippen LogP contribution in [0.5, 0.6) is 0 Å². The van der Waals surface area contributed by atoms with E-state index in [1.807, 2.05) is 6.07 Å². The average molecular weight is 415 g/mol. The summed E-state index contributed by atoms with van der Waals surface area (Å²) in [5, 5.41) is 9.67. The van der Waals surface area contributed by atoms with E-state index in [0.29, 0.717) is 15.8 Å². The molecule has 4 heterocycles. The monoisotopic (exact) mass is 415 g/mol. The normalized spacial score (nSPS) is 25.3. The number of rotatable bonds is 1. The highest BCUT2D eigenvalue weighted by molar-refractivity contribution is 6.25. The molecule has 3 saturated heterocycles. The highest BCUT2D eigenvalue weighted by Gasteiger charge is 2.64. The number of imide groups is 1. The molecule has 11 heteroatoms. The summed E-state index contributed by atoms with van der Waals surface area (Å²) < 4.78 is 38.8. The maximum absolute atomic E-state index is 13.2. The lowest BCUT2D eigenvalue weighted by Gasteiger charge is -2.35. The van der Waals surface area contributed by atoms with Crippen LogP contribution < -0.4 is 4.90 Å². The molecule has 3 aliphatic rings. The summed E-state index contributed by atoms with van der Waals surface area (Å²) in [5.41, 5.74) is 0.771. The Hall–Kier alpha value is -3.68. The van der Waals surface area contributed by atoms with Gasteiger partial charge in [-0.3, -0.25) is 14.6 Å². The molecular weight excluding hydrogens is 403 g/mol. The van der Waals surface area contributed by atoms with Gasteiger partial charge in [-0.15, -0.1) is 0 Å². The van der Waals surface area contributed by atoms with Crippen molar-refractivity contribution < 1.29 is 27.6 Å². The summed E-state index contributed by atoms with van der Waals surface area (Å²) in [4.78, 5) is 45.0. The van der Waals surface area contributed by atoms with Gasteiger partial charge in [0.05, 0.1) is 28.9 Å². The number of aromatic nitrogens is 1. The smallest absolute Gasteiger partial charge is 0.327 e. The number of carbonyl (C=O) groups excluding carboxylic acids is 3.